The smallest absolute Gasteiger partial charge is 0.343 e. The molecule has 0 aliphatic carbocycles. The van der Waals surface area contributed by atoms with E-state index in [-0.39, 0.29) is 34.6 Å². The second-order valence-electron chi connectivity index (χ2n) is 6.02. The van der Waals surface area contributed by atoms with Gasteiger partial charge >= 0.3 is 5.97 Å². The molecule has 0 spiro atoms. The monoisotopic (exact) mass is 384 g/mol. The molecule has 3 aromatic rings. The fourth-order valence-corrected chi connectivity index (χ4v) is 2.90. The van der Waals surface area contributed by atoms with Crippen LogP contribution < -0.4 is 19.6 Å². The van der Waals surface area contributed by atoms with Crippen molar-refractivity contribution in [2.75, 3.05) is 26.9 Å². The minimum atomic E-state index is -0.574. The number of rotatable bonds is 4. The van der Waals surface area contributed by atoms with Crippen molar-refractivity contribution < 1.29 is 33.3 Å². The maximum Gasteiger partial charge on any atom is 0.343 e. The number of hydrogen-bond donors (Lipinski definition) is 1. The van der Waals surface area contributed by atoms with E-state index < -0.39 is 11.4 Å². The Morgan fingerprint density at radius 2 is 1.93 bits per heavy atom. The van der Waals surface area contributed by atoms with Crippen LogP contribution in [-0.4, -0.2) is 38.0 Å². The number of aromatic hydroxyl groups is 1. The van der Waals surface area contributed by atoms with E-state index in [9.17, 15) is 14.7 Å². The van der Waals surface area contributed by atoms with Gasteiger partial charge in [0.2, 0.25) is 5.43 Å². The zero-order valence-electron chi connectivity index (χ0n) is 14.9. The third-order valence-corrected chi connectivity index (χ3v) is 4.27. The summed E-state index contributed by atoms with van der Waals surface area (Å²) in [6.45, 7) is 0.567. The predicted molar refractivity (Wildman–Crippen MR) is 98.1 cm³/mol. The summed E-state index contributed by atoms with van der Waals surface area (Å²) in [5.74, 6) is 0.431. The Morgan fingerprint density at radius 3 is 2.71 bits per heavy atom. The SMILES string of the molecule is COC(=O)COc1cc(O)c2c(=O)c(-c3ccc4c(c3)OCCO4)coc2c1. The van der Waals surface area contributed by atoms with Crippen molar-refractivity contribution >= 4 is 16.9 Å². The van der Waals surface area contributed by atoms with Gasteiger partial charge in [-0.05, 0) is 17.7 Å². The standard InChI is InChI=1S/C20H16O8/c1-24-18(22)10-27-12-7-14(21)19-17(8-12)28-9-13(20(19)23)11-2-3-15-16(6-11)26-5-4-25-15/h2-3,6-9,21H,4-5,10H2,1H3. The molecule has 2 aromatic carbocycles. The molecule has 1 aliphatic rings. The van der Waals surface area contributed by atoms with Gasteiger partial charge in [-0.25, -0.2) is 4.79 Å². The average Bonchev–Trinajstić information content (AvgIpc) is 2.71. The number of fused-ring (bicyclic) bond motifs is 2. The molecule has 0 fully saturated rings. The largest absolute Gasteiger partial charge is 0.507 e. The Balaban J connectivity index is 1.74. The molecule has 0 saturated heterocycles. The average molecular weight is 384 g/mol. The van der Waals surface area contributed by atoms with Crippen LogP contribution in [0.1, 0.15) is 0 Å². The number of esters is 1. The summed E-state index contributed by atoms with van der Waals surface area (Å²) in [5.41, 5.74) is 0.564. The number of hydrogen-bond acceptors (Lipinski definition) is 8. The third kappa shape index (κ3) is 3.20. The molecule has 28 heavy (non-hydrogen) atoms. The molecule has 8 nitrogen and oxygen atoms in total. The first-order valence-corrected chi connectivity index (χ1v) is 8.45. The first-order valence-electron chi connectivity index (χ1n) is 8.45. The molecule has 4 rings (SSSR count). The van der Waals surface area contributed by atoms with E-state index in [2.05, 4.69) is 4.74 Å². The fraction of sp³-hybridized carbons (Fsp3) is 0.200. The normalized spacial score (nSPS) is 12.6. The molecule has 0 unspecified atom stereocenters. The molecule has 8 heteroatoms. The van der Waals surface area contributed by atoms with Crippen LogP contribution in [0.2, 0.25) is 0 Å². The van der Waals surface area contributed by atoms with Crippen molar-refractivity contribution in [1.29, 1.82) is 0 Å². The van der Waals surface area contributed by atoms with Crippen molar-refractivity contribution in [2.45, 2.75) is 0 Å². The van der Waals surface area contributed by atoms with Gasteiger partial charge in [0.25, 0.3) is 0 Å². The molecule has 1 N–H and O–H groups in total. The van der Waals surface area contributed by atoms with E-state index in [1.807, 2.05) is 0 Å². The predicted octanol–water partition coefficient (Wildman–Crippen LogP) is 2.49. The van der Waals surface area contributed by atoms with E-state index in [4.69, 9.17) is 18.6 Å². The Morgan fingerprint density at radius 1 is 1.14 bits per heavy atom. The summed E-state index contributed by atoms with van der Waals surface area (Å²) in [6, 6.07) is 7.80. The Hall–Kier alpha value is -3.68. The van der Waals surface area contributed by atoms with Crippen LogP contribution in [0.15, 0.2) is 45.8 Å². The van der Waals surface area contributed by atoms with Crippen molar-refractivity contribution in [1.82, 2.24) is 0 Å². The lowest BCUT2D eigenvalue weighted by atomic mass is 10.0. The van der Waals surface area contributed by atoms with E-state index in [1.54, 1.807) is 18.2 Å². The maximum atomic E-state index is 12.9. The van der Waals surface area contributed by atoms with Crippen LogP contribution in [0.25, 0.3) is 22.1 Å². The minimum absolute atomic E-state index is 0.0119. The van der Waals surface area contributed by atoms with Crippen LogP contribution >= 0.6 is 0 Å². The maximum absolute atomic E-state index is 12.9. The zero-order chi connectivity index (χ0) is 19.7. The number of methoxy groups -OCH3 is 1. The molecule has 1 aliphatic heterocycles. The first kappa shape index (κ1) is 17.7. The molecule has 0 radical (unpaired) electrons. The minimum Gasteiger partial charge on any atom is -0.507 e. The Bertz CT molecular complexity index is 1120. The quantitative estimate of drug-likeness (QED) is 0.684. The lowest BCUT2D eigenvalue weighted by Crippen LogP contribution is -2.15. The summed E-state index contributed by atoms with van der Waals surface area (Å²) >= 11 is 0. The summed E-state index contributed by atoms with van der Waals surface area (Å²) in [4.78, 5) is 24.1. The van der Waals surface area contributed by atoms with Crippen molar-refractivity contribution in [3.8, 4) is 34.1 Å². The van der Waals surface area contributed by atoms with Crippen molar-refractivity contribution in [2.24, 2.45) is 0 Å². The summed E-state index contributed by atoms with van der Waals surface area (Å²) in [6.07, 6.45) is 1.31. The highest BCUT2D eigenvalue weighted by molar-refractivity contribution is 5.88. The van der Waals surface area contributed by atoms with Gasteiger partial charge in [-0.2, -0.15) is 0 Å². The van der Waals surface area contributed by atoms with Crippen molar-refractivity contribution in [3.63, 3.8) is 0 Å². The number of carbonyl (C=O) groups excluding carboxylic acids is 1. The van der Waals surface area contributed by atoms with Gasteiger partial charge in [0.05, 0.1) is 12.7 Å². The summed E-state index contributed by atoms with van der Waals surface area (Å²) < 4.78 is 26.3. The molecule has 1 aromatic heterocycles. The van der Waals surface area contributed by atoms with Gasteiger partial charge in [-0.3, -0.25) is 4.79 Å². The molecule has 0 amide bonds. The molecule has 144 valence electrons. The van der Waals surface area contributed by atoms with Crippen LogP contribution in [0, 0.1) is 0 Å². The summed E-state index contributed by atoms with van der Waals surface area (Å²) in [5, 5.41) is 10.3. The van der Waals surface area contributed by atoms with Gasteiger partial charge in [-0.1, -0.05) is 6.07 Å². The molecular weight excluding hydrogens is 368 g/mol. The number of carbonyl (C=O) groups is 1. The highest BCUT2D eigenvalue weighted by atomic mass is 16.6. The number of phenolic OH excluding ortho intramolecular Hbond substituents is 1. The molecule has 0 saturated carbocycles. The van der Waals surface area contributed by atoms with Gasteiger partial charge in [0.15, 0.2) is 18.1 Å². The Labute approximate surface area is 158 Å². The van der Waals surface area contributed by atoms with Gasteiger partial charge < -0.3 is 28.5 Å². The number of ether oxygens (including phenoxy) is 4. The van der Waals surface area contributed by atoms with E-state index in [1.165, 1.54) is 25.5 Å². The van der Waals surface area contributed by atoms with E-state index in [0.29, 0.717) is 30.3 Å². The molecule has 2 heterocycles. The van der Waals surface area contributed by atoms with Gasteiger partial charge in [-0.15, -0.1) is 0 Å². The van der Waals surface area contributed by atoms with E-state index in [0.717, 1.165) is 0 Å². The first-order chi connectivity index (χ1) is 13.6. The van der Waals surface area contributed by atoms with Crippen LogP contribution in [0.4, 0.5) is 0 Å². The second kappa shape index (κ2) is 7.15. The number of benzene rings is 2. The number of phenols is 1. The summed E-state index contributed by atoms with van der Waals surface area (Å²) in [7, 11) is 1.24. The van der Waals surface area contributed by atoms with Crippen molar-refractivity contribution in [3.05, 3.63) is 46.8 Å². The van der Waals surface area contributed by atoms with Gasteiger partial charge in [0.1, 0.15) is 41.9 Å². The second-order valence-corrected chi connectivity index (χ2v) is 6.02. The molecule has 0 atom stereocenters. The molecule has 0 bridgehead atoms. The molecular formula is C20H16O8. The fourth-order valence-electron chi connectivity index (χ4n) is 2.90. The highest BCUT2D eigenvalue weighted by Gasteiger charge is 2.18. The van der Waals surface area contributed by atoms with E-state index >= 15 is 0 Å². The zero-order valence-corrected chi connectivity index (χ0v) is 14.9. The third-order valence-electron chi connectivity index (χ3n) is 4.27. The highest BCUT2D eigenvalue weighted by Crippen LogP contribution is 2.35. The Kier molecular flexibility index (Phi) is 4.52. The lowest BCUT2D eigenvalue weighted by Gasteiger charge is -2.18. The topological polar surface area (TPSA) is 104 Å². The van der Waals surface area contributed by atoms with Crippen LogP contribution in [0.3, 0.4) is 0 Å². The lowest BCUT2D eigenvalue weighted by molar-refractivity contribution is -0.142. The van der Waals surface area contributed by atoms with Crippen LogP contribution in [-0.2, 0) is 9.53 Å². The van der Waals surface area contributed by atoms with Gasteiger partial charge in [0, 0.05) is 12.1 Å². The van der Waals surface area contributed by atoms with Crippen LogP contribution in [0.5, 0.6) is 23.0 Å².